The minimum Gasteiger partial charge on any atom is -0.364 e. The molecule has 0 saturated heterocycles. The van der Waals surface area contributed by atoms with Crippen LogP contribution in [0.3, 0.4) is 0 Å². The van der Waals surface area contributed by atoms with Crippen molar-refractivity contribution in [1.29, 1.82) is 0 Å². The maximum Gasteiger partial charge on any atom is 0.390 e. The van der Waals surface area contributed by atoms with Crippen LogP contribution in [0.1, 0.15) is 6.42 Å². The van der Waals surface area contributed by atoms with Crippen molar-refractivity contribution in [3.8, 4) is 10.7 Å². The highest BCUT2D eigenvalue weighted by Crippen LogP contribution is 2.24. The summed E-state index contributed by atoms with van der Waals surface area (Å²) in [6.07, 6.45) is -2.55. The summed E-state index contributed by atoms with van der Waals surface area (Å²) in [4.78, 5) is 11.9. The number of aryl methyl sites for hydroxylation is 1. The summed E-state index contributed by atoms with van der Waals surface area (Å²) in [5.74, 6) is 0.112. The summed E-state index contributed by atoms with van der Waals surface area (Å²) in [6.45, 7) is -0.329. The highest BCUT2D eigenvalue weighted by atomic mass is 32.1. The highest BCUT2D eigenvalue weighted by Gasteiger charge is 2.26. The maximum absolute atomic E-state index is 12.2. The molecule has 13 heteroatoms. The fourth-order valence-corrected chi connectivity index (χ4v) is 2.44. The summed E-state index contributed by atoms with van der Waals surface area (Å²) in [6, 6.07) is 2.33. The molecule has 0 aliphatic heterocycles. The van der Waals surface area contributed by atoms with E-state index in [2.05, 4.69) is 35.6 Å². The fraction of sp³-hybridized carbons (Fsp3) is 0.250. The number of aromatic nitrogens is 5. The Labute approximate surface area is 141 Å². The second kappa shape index (κ2) is 6.88. The van der Waals surface area contributed by atoms with Crippen LogP contribution in [0.2, 0.25) is 0 Å². The second-order valence-electron chi connectivity index (χ2n) is 4.71. The number of nitrogens with zero attached hydrogens (tertiary/aromatic N) is 5. The van der Waals surface area contributed by atoms with E-state index in [0.717, 1.165) is 16.0 Å². The first-order chi connectivity index (χ1) is 11.9. The molecule has 9 nitrogen and oxygen atoms in total. The van der Waals surface area contributed by atoms with Gasteiger partial charge in [0.15, 0.2) is 10.8 Å². The smallest absolute Gasteiger partial charge is 0.364 e. The van der Waals surface area contributed by atoms with Crippen LogP contribution in [0.15, 0.2) is 29.1 Å². The van der Waals surface area contributed by atoms with Crippen molar-refractivity contribution in [1.82, 2.24) is 25.1 Å². The number of carbonyl (C=O) groups excluding carboxylic acids is 1. The number of carbonyl (C=O) groups is 1. The molecule has 0 spiro atoms. The molecule has 132 valence electrons. The Kier molecular flexibility index (Phi) is 4.65. The Balaban J connectivity index is 1.54. The molecular weight excluding hydrogens is 363 g/mol. The average Bonchev–Trinajstić information content (AvgIpc) is 3.25. The molecule has 0 atom stereocenters. The van der Waals surface area contributed by atoms with Crippen LogP contribution in [0.4, 0.5) is 28.9 Å². The van der Waals surface area contributed by atoms with Crippen LogP contribution in [0, 0.1) is 0 Å². The number of anilines is 2. The number of rotatable bonds is 5. The van der Waals surface area contributed by atoms with E-state index in [4.69, 9.17) is 0 Å². The van der Waals surface area contributed by atoms with Crippen molar-refractivity contribution >= 4 is 28.3 Å². The molecule has 0 radical (unpaired) electrons. The van der Waals surface area contributed by atoms with E-state index in [1.165, 1.54) is 18.5 Å². The Bertz CT molecular complexity index is 843. The molecule has 0 aliphatic rings. The summed E-state index contributed by atoms with van der Waals surface area (Å²) in [7, 11) is 0. The number of halogens is 3. The lowest BCUT2D eigenvalue weighted by molar-refractivity contribution is -0.137. The normalized spacial score (nSPS) is 11.5. The molecular formula is C12H10F3N7O2S. The number of hydrogen-bond acceptors (Lipinski definition) is 7. The molecule has 0 aromatic carbocycles. The van der Waals surface area contributed by atoms with Gasteiger partial charge >= 0.3 is 12.2 Å². The summed E-state index contributed by atoms with van der Waals surface area (Å²) in [5.41, 5.74) is 0.481. The van der Waals surface area contributed by atoms with Gasteiger partial charge in [-0.25, -0.2) is 4.79 Å². The van der Waals surface area contributed by atoms with Gasteiger partial charge in [-0.15, -0.1) is 10.2 Å². The predicted octanol–water partition coefficient (Wildman–Crippen LogP) is 2.99. The molecule has 2 N–H and O–H groups in total. The van der Waals surface area contributed by atoms with E-state index in [0.29, 0.717) is 10.7 Å². The molecule has 25 heavy (non-hydrogen) atoms. The molecule has 3 heterocycles. The first-order valence-corrected chi connectivity index (χ1v) is 7.63. The lowest BCUT2D eigenvalue weighted by atomic mass is 10.4. The largest absolute Gasteiger partial charge is 0.390 e. The molecule has 0 bridgehead atoms. The van der Waals surface area contributed by atoms with E-state index < -0.39 is 18.6 Å². The maximum atomic E-state index is 12.2. The van der Waals surface area contributed by atoms with Crippen molar-refractivity contribution in [3.05, 3.63) is 24.6 Å². The van der Waals surface area contributed by atoms with E-state index in [-0.39, 0.29) is 17.5 Å². The van der Waals surface area contributed by atoms with Crippen molar-refractivity contribution in [2.24, 2.45) is 0 Å². The van der Waals surface area contributed by atoms with Crippen molar-refractivity contribution in [2.45, 2.75) is 19.1 Å². The highest BCUT2D eigenvalue weighted by molar-refractivity contribution is 7.18. The van der Waals surface area contributed by atoms with Gasteiger partial charge < -0.3 is 4.52 Å². The van der Waals surface area contributed by atoms with Crippen molar-refractivity contribution in [3.63, 3.8) is 0 Å². The van der Waals surface area contributed by atoms with Crippen molar-refractivity contribution < 1.29 is 22.5 Å². The minimum absolute atomic E-state index is 0.112. The number of amides is 2. The van der Waals surface area contributed by atoms with Gasteiger partial charge in [0.2, 0.25) is 5.13 Å². The first kappa shape index (κ1) is 16.9. The molecule has 3 rings (SSSR count). The number of urea groups is 1. The lowest BCUT2D eigenvalue weighted by Gasteiger charge is -2.05. The molecule has 0 aliphatic carbocycles. The molecule has 0 unspecified atom stereocenters. The quantitative estimate of drug-likeness (QED) is 0.711. The SMILES string of the molecule is O=C(Nc1ccn(CCC(F)(F)F)n1)Nc1nnc(-c2ccon2)s1. The molecule has 3 aromatic rings. The van der Waals surface area contributed by atoms with Crippen molar-refractivity contribution in [2.75, 3.05) is 10.6 Å². The van der Waals surface area contributed by atoms with E-state index in [1.54, 1.807) is 6.07 Å². The van der Waals surface area contributed by atoms with Crippen LogP contribution < -0.4 is 10.6 Å². The van der Waals surface area contributed by atoms with E-state index in [9.17, 15) is 18.0 Å². The van der Waals surface area contributed by atoms with Gasteiger partial charge in [-0.2, -0.15) is 18.3 Å². The average molecular weight is 373 g/mol. The van der Waals surface area contributed by atoms with E-state index >= 15 is 0 Å². The van der Waals surface area contributed by atoms with Crippen LogP contribution in [0.5, 0.6) is 0 Å². The summed E-state index contributed by atoms with van der Waals surface area (Å²) in [5, 5.41) is 20.7. The molecule has 0 fully saturated rings. The number of alkyl halides is 3. The van der Waals surface area contributed by atoms with Gasteiger partial charge in [0, 0.05) is 24.9 Å². The Morgan fingerprint density at radius 3 is 2.84 bits per heavy atom. The van der Waals surface area contributed by atoms with Gasteiger partial charge in [0.25, 0.3) is 0 Å². The third kappa shape index (κ3) is 4.76. The van der Waals surface area contributed by atoms with Crippen LogP contribution in [0.25, 0.3) is 10.7 Å². The number of hydrogen-bond donors (Lipinski definition) is 2. The third-order valence-corrected chi connectivity index (χ3v) is 3.67. The molecule has 2 amide bonds. The second-order valence-corrected chi connectivity index (χ2v) is 5.68. The van der Waals surface area contributed by atoms with Crippen LogP contribution in [-0.2, 0) is 6.54 Å². The molecule has 0 saturated carbocycles. The van der Waals surface area contributed by atoms with Gasteiger partial charge in [0.1, 0.15) is 12.0 Å². The topological polar surface area (TPSA) is 111 Å². The van der Waals surface area contributed by atoms with Crippen LogP contribution in [-0.4, -0.2) is 37.3 Å². The van der Waals surface area contributed by atoms with Gasteiger partial charge in [-0.3, -0.25) is 15.3 Å². The van der Waals surface area contributed by atoms with E-state index in [1.807, 2.05) is 0 Å². The van der Waals surface area contributed by atoms with Gasteiger partial charge in [-0.1, -0.05) is 16.5 Å². The zero-order valence-corrected chi connectivity index (χ0v) is 13.1. The lowest BCUT2D eigenvalue weighted by Crippen LogP contribution is -2.20. The minimum atomic E-state index is -4.27. The zero-order chi connectivity index (χ0) is 17.9. The van der Waals surface area contributed by atoms with Crippen LogP contribution >= 0.6 is 11.3 Å². The number of nitrogens with one attached hydrogen (secondary N) is 2. The zero-order valence-electron chi connectivity index (χ0n) is 12.3. The standard InChI is InChI=1S/C12H10F3N7O2S/c13-12(14,15)3-5-22-4-1-8(20-22)16-10(23)17-11-19-18-9(25-11)7-2-6-24-21-7/h1-2,4,6H,3,5H2,(H2,16,17,19,20,23). The van der Waals surface area contributed by atoms with Gasteiger partial charge in [-0.05, 0) is 0 Å². The Hall–Kier alpha value is -2.96. The Morgan fingerprint density at radius 2 is 2.12 bits per heavy atom. The molecule has 3 aromatic heterocycles. The Morgan fingerprint density at radius 1 is 1.28 bits per heavy atom. The summed E-state index contributed by atoms with van der Waals surface area (Å²) < 4.78 is 42.3. The van der Waals surface area contributed by atoms with Gasteiger partial charge in [0.05, 0.1) is 6.42 Å². The first-order valence-electron chi connectivity index (χ1n) is 6.81. The fourth-order valence-electron chi connectivity index (χ4n) is 1.74. The monoisotopic (exact) mass is 373 g/mol. The predicted molar refractivity (Wildman–Crippen MR) is 80.9 cm³/mol. The third-order valence-electron chi connectivity index (χ3n) is 2.81. The summed E-state index contributed by atoms with van der Waals surface area (Å²) >= 11 is 1.08.